The van der Waals surface area contributed by atoms with Crippen LogP contribution >= 0.6 is 0 Å². The number of nitrogens with zero attached hydrogens (tertiary/aromatic N) is 2. The molecule has 1 aliphatic heterocycles. The maximum absolute atomic E-state index is 12.4. The summed E-state index contributed by atoms with van der Waals surface area (Å²) in [6.45, 7) is 5.67. The van der Waals surface area contributed by atoms with Crippen molar-refractivity contribution >= 4 is 5.91 Å². The number of aromatic nitrogens is 2. The number of likely N-dealkylation sites (tertiary alicyclic amines) is 1. The van der Waals surface area contributed by atoms with Gasteiger partial charge in [0.15, 0.2) is 0 Å². The highest BCUT2D eigenvalue weighted by atomic mass is 16.2. The molecule has 0 radical (unpaired) electrons. The Labute approximate surface area is 125 Å². The van der Waals surface area contributed by atoms with Gasteiger partial charge in [-0.15, -0.1) is 0 Å². The third-order valence-electron chi connectivity index (χ3n) is 4.25. The molecular formula is C17H21N3O. The molecule has 2 aromatic rings. The molecule has 21 heavy (non-hydrogen) atoms. The number of imidazole rings is 1. The zero-order valence-electron chi connectivity index (χ0n) is 12.6. The molecule has 0 bridgehead atoms. The Morgan fingerprint density at radius 2 is 2.19 bits per heavy atom. The Hall–Kier alpha value is -2.10. The minimum atomic E-state index is 0.218. The lowest BCUT2D eigenvalue weighted by Crippen LogP contribution is -2.30. The molecule has 0 unspecified atom stereocenters. The van der Waals surface area contributed by atoms with Crippen molar-refractivity contribution in [3.8, 4) is 0 Å². The summed E-state index contributed by atoms with van der Waals surface area (Å²) in [4.78, 5) is 22.1. The zero-order chi connectivity index (χ0) is 14.8. The van der Waals surface area contributed by atoms with Gasteiger partial charge in [0, 0.05) is 30.9 Å². The van der Waals surface area contributed by atoms with Gasteiger partial charge < -0.3 is 9.88 Å². The molecular weight excluding hydrogens is 262 g/mol. The van der Waals surface area contributed by atoms with Crippen molar-refractivity contribution in [1.82, 2.24) is 14.9 Å². The van der Waals surface area contributed by atoms with E-state index in [2.05, 4.69) is 23.0 Å². The summed E-state index contributed by atoms with van der Waals surface area (Å²) in [6, 6.07) is 8.10. The summed E-state index contributed by atoms with van der Waals surface area (Å²) in [5, 5.41) is 0. The lowest BCUT2D eigenvalue weighted by molar-refractivity contribution is -0.129. The highest BCUT2D eigenvalue weighted by Gasteiger charge is 2.28. The first kappa shape index (κ1) is 13.9. The van der Waals surface area contributed by atoms with E-state index < -0.39 is 0 Å². The highest BCUT2D eigenvalue weighted by Crippen LogP contribution is 2.25. The Bertz CT molecular complexity index is 647. The first-order valence-electron chi connectivity index (χ1n) is 7.47. The van der Waals surface area contributed by atoms with Crippen LogP contribution in [0.1, 0.15) is 35.0 Å². The largest absolute Gasteiger partial charge is 0.346 e. The quantitative estimate of drug-likeness (QED) is 0.941. The van der Waals surface area contributed by atoms with Crippen molar-refractivity contribution in [2.45, 2.75) is 32.6 Å². The lowest BCUT2D eigenvalue weighted by atomic mass is 10.1. The van der Waals surface area contributed by atoms with Crippen LogP contribution in [0.25, 0.3) is 0 Å². The first-order valence-corrected chi connectivity index (χ1v) is 7.47. The minimum Gasteiger partial charge on any atom is -0.346 e. The Balaban J connectivity index is 1.63. The van der Waals surface area contributed by atoms with Gasteiger partial charge in [0.2, 0.25) is 5.91 Å². The summed E-state index contributed by atoms with van der Waals surface area (Å²) in [5.41, 5.74) is 3.39. The summed E-state index contributed by atoms with van der Waals surface area (Å²) < 4.78 is 0. The molecule has 0 spiro atoms. The van der Waals surface area contributed by atoms with E-state index in [1.165, 1.54) is 5.56 Å². The Kier molecular flexibility index (Phi) is 3.78. The normalized spacial score (nSPS) is 18.2. The molecule has 1 aromatic heterocycles. The maximum Gasteiger partial charge on any atom is 0.227 e. The number of aryl methyl sites for hydroxylation is 2. The molecule has 4 heteroatoms. The second kappa shape index (κ2) is 5.72. The zero-order valence-corrected chi connectivity index (χ0v) is 12.6. The number of carbonyl (C=O) groups is 1. The van der Waals surface area contributed by atoms with Gasteiger partial charge in [-0.05, 0) is 31.4 Å². The van der Waals surface area contributed by atoms with E-state index in [9.17, 15) is 4.79 Å². The van der Waals surface area contributed by atoms with E-state index in [-0.39, 0.29) is 5.91 Å². The van der Waals surface area contributed by atoms with Gasteiger partial charge in [0.05, 0.1) is 6.42 Å². The predicted octanol–water partition coefficient (Wildman–Crippen LogP) is 2.59. The molecule has 0 aliphatic carbocycles. The molecule has 0 saturated carbocycles. The van der Waals surface area contributed by atoms with Gasteiger partial charge in [0.25, 0.3) is 0 Å². The van der Waals surface area contributed by atoms with Crippen molar-refractivity contribution < 1.29 is 4.79 Å². The molecule has 4 nitrogen and oxygen atoms in total. The Morgan fingerprint density at radius 1 is 1.38 bits per heavy atom. The van der Waals surface area contributed by atoms with Crippen LogP contribution in [-0.2, 0) is 11.2 Å². The molecule has 1 amide bonds. The van der Waals surface area contributed by atoms with Crippen molar-refractivity contribution in [2.75, 3.05) is 13.1 Å². The minimum absolute atomic E-state index is 0.218. The average Bonchev–Trinajstić information content (AvgIpc) is 3.10. The van der Waals surface area contributed by atoms with Gasteiger partial charge in [-0.2, -0.15) is 0 Å². The van der Waals surface area contributed by atoms with E-state index in [0.717, 1.165) is 36.6 Å². The van der Waals surface area contributed by atoms with Gasteiger partial charge in [-0.3, -0.25) is 4.79 Å². The van der Waals surface area contributed by atoms with Crippen LogP contribution in [0.15, 0.2) is 30.5 Å². The molecule has 1 N–H and O–H groups in total. The topological polar surface area (TPSA) is 49.0 Å². The number of amides is 1. The second-order valence-electron chi connectivity index (χ2n) is 5.88. The van der Waals surface area contributed by atoms with E-state index >= 15 is 0 Å². The van der Waals surface area contributed by atoms with Crippen molar-refractivity contribution in [3.05, 3.63) is 53.1 Å². The number of aromatic amines is 1. The number of rotatable bonds is 3. The number of hydrogen-bond donors (Lipinski definition) is 1. The number of H-pyrrole nitrogens is 1. The maximum atomic E-state index is 12.4. The summed E-state index contributed by atoms with van der Waals surface area (Å²) in [7, 11) is 0. The fraction of sp³-hybridized carbons (Fsp3) is 0.412. The van der Waals surface area contributed by atoms with Crippen molar-refractivity contribution in [1.29, 1.82) is 0 Å². The van der Waals surface area contributed by atoms with E-state index in [1.807, 2.05) is 36.2 Å². The molecule has 2 heterocycles. The van der Waals surface area contributed by atoms with Crippen LogP contribution in [0, 0.1) is 13.8 Å². The smallest absolute Gasteiger partial charge is 0.227 e. The molecule has 1 fully saturated rings. The SMILES string of the molecule is Cc1cnc([C@H]2CCN(C(=O)Cc3ccccc3C)C2)[nH]1. The number of carbonyl (C=O) groups excluding carboxylic acids is 1. The number of hydrogen-bond acceptors (Lipinski definition) is 2. The van der Waals surface area contributed by atoms with E-state index in [4.69, 9.17) is 0 Å². The van der Waals surface area contributed by atoms with Gasteiger partial charge in [-0.1, -0.05) is 24.3 Å². The Morgan fingerprint density at radius 3 is 2.90 bits per heavy atom. The molecule has 110 valence electrons. The van der Waals surface area contributed by atoms with E-state index in [1.54, 1.807) is 0 Å². The second-order valence-corrected chi connectivity index (χ2v) is 5.88. The molecule has 1 aromatic carbocycles. The van der Waals surface area contributed by atoms with Crippen LogP contribution in [0.3, 0.4) is 0 Å². The highest BCUT2D eigenvalue weighted by molar-refractivity contribution is 5.79. The monoisotopic (exact) mass is 283 g/mol. The summed E-state index contributed by atoms with van der Waals surface area (Å²) in [5.74, 6) is 1.58. The lowest BCUT2D eigenvalue weighted by Gasteiger charge is -2.17. The van der Waals surface area contributed by atoms with Gasteiger partial charge in [-0.25, -0.2) is 4.98 Å². The van der Waals surface area contributed by atoms with Crippen LogP contribution in [-0.4, -0.2) is 33.9 Å². The fourth-order valence-electron chi connectivity index (χ4n) is 2.93. The molecule has 1 atom stereocenters. The van der Waals surface area contributed by atoms with Gasteiger partial charge in [0.1, 0.15) is 5.82 Å². The third-order valence-corrected chi connectivity index (χ3v) is 4.25. The molecule has 3 rings (SSSR count). The summed E-state index contributed by atoms with van der Waals surface area (Å²) >= 11 is 0. The third kappa shape index (κ3) is 2.99. The van der Waals surface area contributed by atoms with Crippen LogP contribution in [0.4, 0.5) is 0 Å². The van der Waals surface area contributed by atoms with Crippen molar-refractivity contribution in [3.63, 3.8) is 0 Å². The first-order chi connectivity index (χ1) is 10.1. The fourth-order valence-corrected chi connectivity index (χ4v) is 2.93. The summed E-state index contributed by atoms with van der Waals surface area (Å²) in [6.07, 6.45) is 3.34. The van der Waals surface area contributed by atoms with Gasteiger partial charge >= 0.3 is 0 Å². The van der Waals surface area contributed by atoms with Crippen molar-refractivity contribution in [2.24, 2.45) is 0 Å². The van der Waals surface area contributed by atoms with Crippen LogP contribution in [0.2, 0.25) is 0 Å². The predicted molar refractivity (Wildman–Crippen MR) is 82.1 cm³/mol. The molecule has 1 saturated heterocycles. The van der Waals surface area contributed by atoms with E-state index in [0.29, 0.717) is 12.3 Å². The number of nitrogens with one attached hydrogen (secondary N) is 1. The van der Waals surface area contributed by atoms with Crippen LogP contribution in [0.5, 0.6) is 0 Å². The average molecular weight is 283 g/mol. The number of benzene rings is 1. The standard InChI is InChI=1S/C17H21N3O/c1-12-5-3-4-6-14(12)9-16(21)20-8-7-15(11-20)17-18-10-13(2)19-17/h3-6,10,15H,7-9,11H2,1-2H3,(H,18,19)/t15-/m0/s1. The van der Waals surface area contributed by atoms with Crippen LogP contribution < -0.4 is 0 Å². The molecule has 1 aliphatic rings.